The van der Waals surface area contributed by atoms with Gasteiger partial charge in [0.05, 0.1) is 5.75 Å². The van der Waals surface area contributed by atoms with Crippen LogP contribution in [0.25, 0.3) is 0 Å². The van der Waals surface area contributed by atoms with Crippen molar-refractivity contribution in [3.05, 3.63) is 24.3 Å². The molecule has 0 spiro atoms. The van der Waals surface area contributed by atoms with Gasteiger partial charge >= 0.3 is 0 Å². The summed E-state index contributed by atoms with van der Waals surface area (Å²) in [5, 5.41) is 8.69. The Labute approximate surface area is 120 Å². The zero-order valence-electron chi connectivity index (χ0n) is 11.6. The van der Waals surface area contributed by atoms with E-state index in [1.165, 1.54) is 0 Å². The van der Waals surface area contributed by atoms with E-state index in [4.69, 9.17) is 15.6 Å². The monoisotopic (exact) mass is 302 g/mol. The standard InChI is InChI=1S/C13H22N2O4S/c1-11(3-2-8-16)15-20(17,18)10-9-19-13-6-4-12(14)5-7-13/h4-7,11,15-16H,2-3,8-10,14H2,1H3. The lowest BCUT2D eigenvalue weighted by molar-refractivity contribution is 0.279. The fraction of sp³-hybridized carbons (Fsp3) is 0.538. The maximum Gasteiger partial charge on any atom is 0.215 e. The third-order valence-electron chi connectivity index (χ3n) is 2.68. The molecule has 0 bridgehead atoms. The number of nitrogens with one attached hydrogen (secondary N) is 1. The van der Waals surface area contributed by atoms with Crippen molar-refractivity contribution < 1.29 is 18.3 Å². The second-order valence-electron chi connectivity index (χ2n) is 4.62. The van der Waals surface area contributed by atoms with E-state index < -0.39 is 10.0 Å². The smallest absolute Gasteiger partial charge is 0.215 e. The number of ether oxygens (including phenoxy) is 1. The molecule has 7 heteroatoms. The summed E-state index contributed by atoms with van der Waals surface area (Å²) in [4.78, 5) is 0. The fourth-order valence-corrected chi connectivity index (χ4v) is 2.81. The first-order valence-corrected chi connectivity index (χ1v) is 8.17. The van der Waals surface area contributed by atoms with Crippen LogP contribution in [0.15, 0.2) is 24.3 Å². The van der Waals surface area contributed by atoms with Gasteiger partial charge in [0.1, 0.15) is 12.4 Å². The topological polar surface area (TPSA) is 102 Å². The first-order chi connectivity index (χ1) is 9.43. The summed E-state index contributed by atoms with van der Waals surface area (Å²) in [6.45, 7) is 1.91. The number of rotatable bonds is 9. The van der Waals surface area contributed by atoms with Crippen LogP contribution in [-0.4, -0.2) is 38.5 Å². The van der Waals surface area contributed by atoms with Crippen molar-refractivity contribution in [2.45, 2.75) is 25.8 Å². The number of hydrogen-bond donors (Lipinski definition) is 3. The quantitative estimate of drug-likeness (QED) is 0.584. The van der Waals surface area contributed by atoms with Gasteiger partial charge in [0.25, 0.3) is 0 Å². The van der Waals surface area contributed by atoms with Crippen LogP contribution in [0.1, 0.15) is 19.8 Å². The number of benzene rings is 1. The molecule has 0 aliphatic heterocycles. The van der Waals surface area contributed by atoms with E-state index in [1.54, 1.807) is 31.2 Å². The second-order valence-corrected chi connectivity index (χ2v) is 6.49. The van der Waals surface area contributed by atoms with Crippen LogP contribution in [0, 0.1) is 0 Å². The molecular formula is C13H22N2O4S. The lowest BCUT2D eigenvalue weighted by Gasteiger charge is -2.14. The van der Waals surface area contributed by atoms with Crippen LogP contribution >= 0.6 is 0 Å². The van der Waals surface area contributed by atoms with Crippen LogP contribution in [0.5, 0.6) is 5.75 Å². The summed E-state index contributed by atoms with van der Waals surface area (Å²) in [6, 6.07) is 6.58. The molecule has 4 N–H and O–H groups in total. The summed E-state index contributed by atoms with van der Waals surface area (Å²) < 4.78 is 31.4. The number of sulfonamides is 1. The highest BCUT2D eigenvalue weighted by molar-refractivity contribution is 7.89. The molecule has 0 aliphatic carbocycles. The molecule has 0 aromatic heterocycles. The molecule has 0 saturated carbocycles. The Morgan fingerprint density at radius 1 is 1.35 bits per heavy atom. The van der Waals surface area contributed by atoms with Gasteiger partial charge in [0.2, 0.25) is 10.0 Å². The SMILES string of the molecule is CC(CCCO)NS(=O)(=O)CCOc1ccc(N)cc1. The molecule has 1 unspecified atom stereocenters. The Morgan fingerprint density at radius 3 is 2.60 bits per heavy atom. The Morgan fingerprint density at radius 2 is 2.00 bits per heavy atom. The largest absolute Gasteiger partial charge is 0.492 e. The first kappa shape index (κ1) is 16.7. The minimum Gasteiger partial charge on any atom is -0.492 e. The molecule has 1 rings (SSSR count). The maximum absolute atomic E-state index is 11.8. The van der Waals surface area contributed by atoms with E-state index in [-0.39, 0.29) is 25.0 Å². The highest BCUT2D eigenvalue weighted by Gasteiger charge is 2.14. The normalized spacial score (nSPS) is 13.1. The molecular weight excluding hydrogens is 280 g/mol. The average Bonchev–Trinajstić information content (AvgIpc) is 2.38. The van der Waals surface area contributed by atoms with E-state index in [0.717, 1.165) is 0 Å². The van der Waals surface area contributed by atoms with Gasteiger partial charge in [-0.2, -0.15) is 0 Å². The Hall–Kier alpha value is -1.31. The predicted octanol–water partition coefficient (Wildman–Crippen LogP) is 0.728. The van der Waals surface area contributed by atoms with Crippen LogP contribution < -0.4 is 15.2 Å². The molecule has 0 heterocycles. The molecule has 114 valence electrons. The second kappa shape index (κ2) is 8.08. The van der Waals surface area contributed by atoms with Gasteiger partial charge in [-0.25, -0.2) is 13.1 Å². The summed E-state index contributed by atoms with van der Waals surface area (Å²) >= 11 is 0. The third kappa shape index (κ3) is 6.74. The molecule has 0 saturated heterocycles. The van der Waals surface area contributed by atoms with E-state index >= 15 is 0 Å². The third-order valence-corrected chi connectivity index (χ3v) is 4.14. The lowest BCUT2D eigenvalue weighted by Crippen LogP contribution is -2.36. The van der Waals surface area contributed by atoms with Crippen LogP contribution in [-0.2, 0) is 10.0 Å². The van der Waals surface area contributed by atoms with Crippen molar-refractivity contribution in [2.24, 2.45) is 0 Å². The average molecular weight is 302 g/mol. The number of aliphatic hydroxyl groups is 1. The predicted molar refractivity (Wildman–Crippen MR) is 79.1 cm³/mol. The van der Waals surface area contributed by atoms with Crippen LogP contribution in [0.2, 0.25) is 0 Å². The van der Waals surface area contributed by atoms with Gasteiger partial charge in [-0.1, -0.05) is 0 Å². The Balaban J connectivity index is 2.34. The molecule has 1 atom stereocenters. The fourth-order valence-electron chi connectivity index (χ4n) is 1.66. The maximum atomic E-state index is 11.8. The summed E-state index contributed by atoms with van der Waals surface area (Å²) in [5.41, 5.74) is 6.17. The van der Waals surface area contributed by atoms with Crippen LogP contribution in [0.3, 0.4) is 0 Å². The Kier molecular flexibility index (Phi) is 6.77. The summed E-state index contributed by atoms with van der Waals surface area (Å²) in [5.74, 6) is 0.476. The zero-order valence-corrected chi connectivity index (χ0v) is 12.4. The number of anilines is 1. The number of nitrogen functional groups attached to an aromatic ring is 1. The van der Waals surface area contributed by atoms with E-state index in [9.17, 15) is 8.42 Å². The zero-order chi connectivity index (χ0) is 15.0. The van der Waals surface area contributed by atoms with Gasteiger partial charge in [-0.3, -0.25) is 0 Å². The molecule has 0 radical (unpaired) electrons. The highest BCUT2D eigenvalue weighted by atomic mass is 32.2. The number of aliphatic hydroxyl groups excluding tert-OH is 1. The first-order valence-electron chi connectivity index (χ1n) is 6.52. The summed E-state index contributed by atoms with van der Waals surface area (Å²) in [6.07, 6.45) is 1.18. The molecule has 6 nitrogen and oxygen atoms in total. The molecule has 0 fully saturated rings. The van der Waals surface area contributed by atoms with Gasteiger partial charge in [-0.05, 0) is 44.0 Å². The van der Waals surface area contributed by atoms with E-state index in [1.807, 2.05) is 0 Å². The van der Waals surface area contributed by atoms with E-state index in [0.29, 0.717) is 24.3 Å². The van der Waals surface area contributed by atoms with Crippen LogP contribution in [0.4, 0.5) is 5.69 Å². The van der Waals surface area contributed by atoms with Gasteiger partial charge in [0, 0.05) is 18.3 Å². The van der Waals surface area contributed by atoms with Gasteiger partial charge in [0.15, 0.2) is 0 Å². The molecule has 20 heavy (non-hydrogen) atoms. The molecule has 0 amide bonds. The van der Waals surface area contributed by atoms with Crippen molar-refractivity contribution in [1.82, 2.24) is 4.72 Å². The molecule has 0 aliphatic rings. The van der Waals surface area contributed by atoms with Crippen molar-refractivity contribution in [3.63, 3.8) is 0 Å². The lowest BCUT2D eigenvalue weighted by atomic mass is 10.2. The minimum atomic E-state index is -3.37. The minimum absolute atomic E-state index is 0.0618. The van der Waals surface area contributed by atoms with Gasteiger partial charge < -0.3 is 15.6 Å². The van der Waals surface area contributed by atoms with Crippen molar-refractivity contribution in [1.29, 1.82) is 0 Å². The van der Waals surface area contributed by atoms with Crippen molar-refractivity contribution in [2.75, 3.05) is 24.7 Å². The van der Waals surface area contributed by atoms with Crippen molar-refractivity contribution >= 4 is 15.7 Å². The molecule has 1 aromatic carbocycles. The number of hydrogen-bond acceptors (Lipinski definition) is 5. The summed E-state index contributed by atoms with van der Waals surface area (Å²) in [7, 11) is -3.37. The number of nitrogens with two attached hydrogens (primary N) is 1. The highest BCUT2D eigenvalue weighted by Crippen LogP contribution is 2.12. The van der Waals surface area contributed by atoms with E-state index in [2.05, 4.69) is 4.72 Å². The van der Waals surface area contributed by atoms with Crippen molar-refractivity contribution in [3.8, 4) is 5.75 Å². The Bertz CT molecular complexity index is 488. The molecule has 1 aromatic rings. The van der Waals surface area contributed by atoms with Gasteiger partial charge in [-0.15, -0.1) is 0 Å².